The molecule has 7 heteroatoms. The first-order valence-corrected chi connectivity index (χ1v) is 5.70. The molecule has 7 nitrogen and oxygen atoms in total. The molecule has 2 heterocycles. The predicted molar refractivity (Wildman–Crippen MR) is 69.2 cm³/mol. The van der Waals surface area contributed by atoms with Crippen LogP contribution >= 0.6 is 0 Å². The van der Waals surface area contributed by atoms with Crippen LogP contribution in [-0.4, -0.2) is 34.2 Å². The molecule has 0 aliphatic heterocycles. The Kier molecular flexibility index (Phi) is 4.07. The maximum atomic E-state index is 4.98. The zero-order valence-electron chi connectivity index (χ0n) is 11.0. The number of aromatic nitrogens is 4. The summed E-state index contributed by atoms with van der Waals surface area (Å²) in [4.78, 5) is 16.2. The highest BCUT2D eigenvalue weighted by atomic mass is 16.5. The molecule has 0 amide bonds. The molecule has 0 radical (unpaired) electrons. The number of hydrogen-bond acceptors (Lipinski definition) is 7. The molecular formula is C12H15N5O2. The Labute approximate surface area is 111 Å². The van der Waals surface area contributed by atoms with Crippen LogP contribution in [0.4, 0.5) is 5.95 Å². The van der Waals surface area contributed by atoms with E-state index in [2.05, 4.69) is 25.3 Å². The van der Waals surface area contributed by atoms with Crippen LogP contribution in [0.5, 0.6) is 12.0 Å². The van der Waals surface area contributed by atoms with Crippen LogP contribution in [0.25, 0.3) is 0 Å². The van der Waals surface area contributed by atoms with E-state index in [4.69, 9.17) is 9.47 Å². The minimum absolute atomic E-state index is 0.206. The number of nitrogens with one attached hydrogen (secondary N) is 1. The van der Waals surface area contributed by atoms with Gasteiger partial charge in [0.15, 0.2) is 0 Å². The molecule has 2 aromatic rings. The summed E-state index contributed by atoms with van der Waals surface area (Å²) in [5.41, 5.74) is 2.22. The highest BCUT2D eigenvalue weighted by molar-refractivity contribution is 5.31. The largest absolute Gasteiger partial charge is 0.467 e. The van der Waals surface area contributed by atoms with Gasteiger partial charge in [-0.05, 0) is 24.1 Å². The fraction of sp³-hybridized carbons (Fsp3) is 0.333. The minimum Gasteiger partial charge on any atom is -0.467 e. The van der Waals surface area contributed by atoms with E-state index in [-0.39, 0.29) is 12.0 Å². The van der Waals surface area contributed by atoms with E-state index >= 15 is 0 Å². The Morgan fingerprint density at radius 2 is 1.79 bits per heavy atom. The van der Waals surface area contributed by atoms with Crippen LogP contribution in [0.2, 0.25) is 0 Å². The zero-order valence-corrected chi connectivity index (χ0v) is 11.0. The first-order valence-electron chi connectivity index (χ1n) is 5.70. The number of pyridine rings is 1. The van der Waals surface area contributed by atoms with Gasteiger partial charge in [-0.1, -0.05) is 0 Å². The SMILES string of the molecule is COc1nc(NCc2cnccc2C)nc(OC)n1. The number of methoxy groups -OCH3 is 2. The van der Waals surface area contributed by atoms with E-state index in [0.717, 1.165) is 11.1 Å². The van der Waals surface area contributed by atoms with Crippen molar-refractivity contribution in [3.05, 3.63) is 29.6 Å². The van der Waals surface area contributed by atoms with Gasteiger partial charge in [-0.2, -0.15) is 9.97 Å². The van der Waals surface area contributed by atoms with Gasteiger partial charge in [0.2, 0.25) is 5.95 Å². The van der Waals surface area contributed by atoms with E-state index in [1.165, 1.54) is 14.2 Å². The van der Waals surface area contributed by atoms with Gasteiger partial charge in [-0.25, -0.2) is 0 Å². The summed E-state index contributed by atoms with van der Waals surface area (Å²) in [5.74, 6) is 0.395. The molecule has 100 valence electrons. The van der Waals surface area contributed by atoms with E-state index in [1.807, 2.05) is 13.0 Å². The van der Waals surface area contributed by atoms with Gasteiger partial charge in [0.1, 0.15) is 0 Å². The highest BCUT2D eigenvalue weighted by Crippen LogP contribution is 2.13. The fourth-order valence-corrected chi connectivity index (χ4v) is 1.46. The van der Waals surface area contributed by atoms with E-state index in [0.29, 0.717) is 12.5 Å². The molecule has 2 aromatic heterocycles. The smallest absolute Gasteiger partial charge is 0.324 e. The third-order valence-corrected chi connectivity index (χ3v) is 2.54. The van der Waals surface area contributed by atoms with Crippen molar-refractivity contribution < 1.29 is 9.47 Å². The van der Waals surface area contributed by atoms with Crippen molar-refractivity contribution in [1.82, 2.24) is 19.9 Å². The Hall–Kier alpha value is -2.44. The fourth-order valence-electron chi connectivity index (χ4n) is 1.46. The molecule has 2 rings (SSSR count). The van der Waals surface area contributed by atoms with E-state index in [9.17, 15) is 0 Å². The quantitative estimate of drug-likeness (QED) is 0.866. The Morgan fingerprint density at radius 3 is 2.37 bits per heavy atom. The monoisotopic (exact) mass is 261 g/mol. The molecule has 0 spiro atoms. The lowest BCUT2D eigenvalue weighted by molar-refractivity contribution is 0.341. The molecule has 19 heavy (non-hydrogen) atoms. The molecule has 0 atom stereocenters. The molecular weight excluding hydrogens is 246 g/mol. The van der Waals surface area contributed by atoms with Gasteiger partial charge in [0.25, 0.3) is 0 Å². The van der Waals surface area contributed by atoms with Gasteiger partial charge < -0.3 is 14.8 Å². The molecule has 0 bridgehead atoms. The van der Waals surface area contributed by atoms with Crippen LogP contribution in [0, 0.1) is 6.92 Å². The number of hydrogen-bond donors (Lipinski definition) is 1. The Balaban J connectivity index is 2.13. The summed E-state index contributed by atoms with van der Waals surface area (Å²) in [7, 11) is 2.98. The first-order chi connectivity index (χ1) is 9.22. The Bertz CT molecular complexity index is 539. The number of aryl methyl sites for hydroxylation is 1. The van der Waals surface area contributed by atoms with Gasteiger partial charge >= 0.3 is 12.0 Å². The highest BCUT2D eigenvalue weighted by Gasteiger charge is 2.07. The second-order valence-corrected chi connectivity index (χ2v) is 3.79. The lowest BCUT2D eigenvalue weighted by atomic mass is 10.2. The van der Waals surface area contributed by atoms with Crippen LogP contribution in [0.3, 0.4) is 0 Å². The molecule has 0 aliphatic rings. The number of ether oxygens (including phenoxy) is 2. The van der Waals surface area contributed by atoms with Gasteiger partial charge in [0, 0.05) is 18.9 Å². The lowest BCUT2D eigenvalue weighted by Crippen LogP contribution is -2.08. The first kappa shape index (κ1) is 13.0. The number of nitrogens with zero attached hydrogens (tertiary/aromatic N) is 4. The normalized spacial score (nSPS) is 10.1. The molecule has 0 saturated heterocycles. The van der Waals surface area contributed by atoms with Crippen LogP contribution in [0.1, 0.15) is 11.1 Å². The average molecular weight is 261 g/mol. The van der Waals surface area contributed by atoms with Crippen LogP contribution in [-0.2, 0) is 6.54 Å². The van der Waals surface area contributed by atoms with Crippen molar-refractivity contribution in [1.29, 1.82) is 0 Å². The third kappa shape index (κ3) is 3.27. The van der Waals surface area contributed by atoms with E-state index < -0.39 is 0 Å². The molecule has 0 aromatic carbocycles. The van der Waals surface area contributed by atoms with Crippen molar-refractivity contribution in [3.8, 4) is 12.0 Å². The topological polar surface area (TPSA) is 82.0 Å². The van der Waals surface area contributed by atoms with Crippen molar-refractivity contribution in [3.63, 3.8) is 0 Å². The predicted octanol–water partition coefficient (Wildman–Crippen LogP) is 1.20. The number of rotatable bonds is 5. The van der Waals surface area contributed by atoms with Crippen molar-refractivity contribution in [2.45, 2.75) is 13.5 Å². The van der Waals surface area contributed by atoms with Gasteiger partial charge in [0.05, 0.1) is 14.2 Å². The second kappa shape index (κ2) is 5.94. The summed E-state index contributed by atoms with van der Waals surface area (Å²) < 4.78 is 9.96. The summed E-state index contributed by atoms with van der Waals surface area (Å²) in [6.07, 6.45) is 3.56. The van der Waals surface area contributed by atoms with Crippen LogP contribution < -0.4 is 14.8 Å². The maximum Gasteiger partial charge on any atom is 0.324 e. The minimum atomic E-state index is 0.206. The molecule has 0 unspecified atom stereocenters. The average Bonchev–Trinajstić information content (AvgIpc) is 2.46. The summed E-state index contributed by atoms with van der Waals surface area (Å²) in [6.45, 7) is 2.59. The molecule has 0 saturated carbocycles. The molecule has 1 N–H and O–H groups in total. The summed E-state index contributed by atoms with van der Waals surface area (Å²) >= 11 is 0. The third-order valence-electron chi connectivity index (χ3n) is 2.54. The summed E-state index contributed by atoms with van der Waals surface area (Å²) in [6, 6.07) is 2.36. The van der Waals surface area contributed by atoms with Crippen molar-refractivity contribution in [2.75, 3.05) is 19.5 Å². The van der Waals surface area contributed by atoms with Crippen molar-refractivity contribution in [2.24, 2.45) is 0 Å². The summed E-state index contributed by atoms with van der Waals surface area (Å²) in [5, 5.41) is 3.09. The molecule has 0 fully saturated rings. The zero-order chi connectivity index (χ0) is 13.7. The van der Waals surface area contributed by atoms with Crippen LogP contribution in [0.15, 0.2) is 18.5 Å². The van der Waals surface area contributed by atoms with Gasteiger partial charge in [-0.3, -0.25) is 4.98 Å². The van der Waals surface area contributed by atoms with Gasteiger partial charge in [-0.15, -0.1) is 4.98 Å². The standard InChI is InChI=1S/C12H15N5O2/c1-8-4-5-13-6-9(8)7-14-10-15-11(18-2)17-12(16-10)19-3/h4-6H,7H2,1-3H3,(H,14,15,16,17). The second-order valence-electron chi connectivity index (χ2n) is 3.79. The molecule has 0 aliphatic carbocycles. The van der Waals surface area contributed by atoms with Crippen molar-refractivity contribution >= 4 is 5.95 Å². The maximum absolute atomic E-state index is 4.98. The number of anilines is 1. The lowest BCUT2D eigenvalue weighted by Gasteiger charge is -2.08. The Morgan fingerprint density at radius 1 is 1.11 bits per heavy atom. The van der Waals surface area contributed by atoms with E-state index in [1.54, 1.807) is 12.4 Å².